The Bertz CT molecular complexity index is 693. The van der Waals surface area contributed by atoms with E-state index in [-0.39, 0.29) is 10.9 Å². The number of nitrogens with zero attached hydrogens (tertiary/aromatic N) is 1. The molecule has 7 heteroatoms. The number of hydrogen-bond donors (Lipinski definition) is 2. The van der Waals surface area contributed by atoms with Crippen molar-refractivity contribution in [2.45, 2.75) is 31.7 Å². The maximum atomic E-state index is 12.3. The molecule has 2 N–H and O–H groups in total. The van der Waals surface area contributed by atoms with Gasteiger partial charge in [-0.25, -0.2) is 13.1 Å². The van der Waals surface area contributed by atoms with Gasteiger partial charge in [0.25, 0.3) is 0 Å². The molecule has 2 aromatic rings. The zero-order chi connectivity index (χ0) is 15.5. The van der Waals surface area contributed by atoms with Crippen molar-refractivity contribution in [3.8, 4) is 5.75 Å². The van der Waals surface area contributed by atoms with Crippen molar-refractivity contribution in [1.29, 1.82) is 0 Å². The van der Waals surface area contributed by atoms with Crippen LogP contribution < -0.4 is 9.46 Å². The smallest absolute Gasteiger partial charge is 0.244 e. The molecule has 0 spiro atoms. The van der Waals surface area contributed by atoms with Gasteiger partial charge < -0.3 is 4.74 Å². The largest absolute Gasteiger partial charge is 0.494 e. The molecule has 1 heterocycles. The molecule has 6 nitrogen and oxygen atoms in total. The highest BCUT2D eigenvalue weighted by Gasteiger charge is 2.21. The molecule has 0 aliphatic carbocycles. The summed E-state index contributed by atoms with van der Waals surface area (Å²) in [5, 5.41) is 6.36. The van der Waals surface area contributed by atoms with Crippen molar-refractivity contribution in [3.63, 3.8) is 0 Å². The van der Waals surface area contributed by atoms with E-state index in [4.69, 9.17) is 4.74 Å². The quantitative estimate of drug-likeness (QED) is 0.856. The number of hydrogen-bond acceptors (Lipinski definition) is 4. The number of aromatic nitrogens is 2. The van der Waals surface area contributed by atoms with Gasteiger partial charge >= 0.3 is 0 Å². The van der Waals surface area contributed by atoms with Crippen LogP contribution in [0.5, 0.6) is 5.75 Å². The number of rotatable bonds is 6. The maximum Gasteiger partial charge on any atom is 0.244 e. The lowest BCUT2D eigenvalue weighted by Gasteiger charge is -2.15. The molecule has 0 bridgehead atoms. The summed E-state index contributed by atoms with van der Waals surface area (Å²) in [6.07, 6.45) is 1.31. The summed E-state index contributed by atoms with van der Waals surface area (Å²) in [7, 11) is -3.59. The van der Waals surface area contributed by atoms with Crippen LogP contribution in [0, 0.1) is 6.92 Å². The molecule has 0 saturated heterocycles. The normalized spacial score (nSPS) is 13.1. The van der Waals surface area contributed by atoms with E-state index in [1.165, 1.54) is 6.20 Å². The summed E-state index contributed by atoms with van der Waals surface area (Å²) >= 11 is 0. The Kier molecular flexibility index (Phi) is 4.64. The second kappa shape index (κ2) is 6.28. The molecule has 0 aliphatic rings. The second-order valence-electron chi connectivity index (χ2n) is 4.70. The molecule has 0 aliphatic heterocycles. The van der Waals surface area contributed by atoms with Crippen LogP contribution in [0.15, 0.2) is 35.4 Å². The summed E-state index contributed by atoms with van der Waals surface area (Å²) in [6.45, 7) is 5.98. The van der Waals surface area contributed by atoms with Gasteiger partial charge in [0.15, 0.2) is 0 Å². The minimum atomic E-state index is -3.59. The Labute approximate surface area is 124 Å². The fourth-order valence-electron chi connectivity index (χ4n) is 1.99. The fourth-order valence-corrected chi connectivity index (χ4v) is 3.36. The third-order valence-electron chi connectivity index (χ3n) is 3.10. The maximum absolute atomic E-state index is 12.3. The summed E-state index contributed by atoms with van der Waals surface area (Å²) in [5.41, 5.74) is 1.38. The van der Waals surface area contributed by atoms with Crippen LogP contribution in [0.2, 0.25) is 0 Å². The van der Waals surface area contributed by atoms with Gasteiger partial charge in [0.2, 0.25) is 10.0 Å². The van der Waals surface area contributed by atoms with Gasteiger partial charge in [-0.05, 0) is 38.5 Å². The molecule has 114 valence electrons. The first-order valence-electron chi connectivity index (χ1n) is 6.69. The van der Waals surface area contributed by atoms with Gasteiger partial charge in [-0.3, -0.25) is 5.10 Å². The molecule has 0 fully saturated rings. The topological polar surface area (TPSA) is 84.1 Å². The highest BCUT2D eigenvalue weighted by Crippen LogP contribution is 2.20. The van der Waals surface area contributed by atoms with Gasteiger partial charge in [-0.15, -0.1) is 0 Å². The highest BCUT2D eigenvalue weighted by molar-refractivity contribution is 7.89. The third kappa shape index (κ3) is 3.62. The molecule has 0 radical (unpaired) electrons. The Morgan fingerprint density at radius 3 is 2.52 bits per heavy atom. The van der Waals surface area contributed by atoms with Gasteiger partial charge in [-0.1, -0.05) is 12.1 Å². The first kappa shape index (κ1) is 15.5. The Hall–Kier alpha value is -1.86. The van der Waals surface area contributed by atoms with E-state index in [9.17, 15) is 8.42 Å². The van der Waals surface area contributed by atoms with Crippen molar-refractivity contribution < 1.29 is 13.2 Å². The number of nitrogens with one attached hydrogen (secondary N) is 2. The first-order valence-corrected chi connectivity index (χ1v) is 8.17. The van der Waals surface area contributed by atoms with Crippen molar-refractivity contribution in [1.82, 2.24) is 14.9 Å². The van der Waals surface area contributed by atoms with Crippen LogP contribution >= 0.6 is 0 Å². The second-order valence-corrected chi connectivity index (χ2v) is 6.39. The number of ether oxygens (including phenoxy) is 1. The summed E-state index contributed by atoms with van der Waals surface area (Å²) in [6, 6.07) is 7.00. The molecule has 0 amide bonds. The Morgan fingerprint density at radius 2 is 2.00 bits per heavy atom. The van der Waals surface area contributed by atoms with Crippen molar-refractivity contribution in [2.24, 2.45) is 0 Å². The monoisotopic (exact) mass is 309 g/mol. The summed E-state index contributed by atoms with van der Waals surface area (Å²) in [4.78, 5) is 0.167. The SMILES string of the molecule is CCOc1ccc(C(C)NS(=O)(=O)c2cn[nH]c2C)cc1. The standard InChI is InChI=1S/C14H19N3O3S/c1-4-20-13-7-5-12(6-8-13)10(2)17-21(18,19)14-9-15-16-11(14)3/h5-10,17H,4H2,1-3H3,(H,15,16). The van der Waals surface area contributed by atoms with Crippen molar-refractivity contribution in [3.05, 3.63) is 41.7 Å². The van der Waals surface area contributed by atoms with E-state index in [0.29, 0.717) is 12.3 Å². The lowest BCUT2D eigenvalue weighted by Crippen LogP contribution is -2.27. The number of H-pyrrole nitrogens is 1. The molecule has 1 atom stereocenters. The predicted octanol–water partition coefficient (Wildman–Crippen LogP) is 2.16. The van der Waals surface area contributed by atoms with E-state index in [0.717, 1.165) is 11.3 Å². The van der Waals surface area contributed by atoms with E-state index in [1.54, 1.807) is 13.8 Å². The average molecular weight is 309 g/mol. The lowest BCUT2D eigenvalue weighted by atomic mass is 10.1. The molecular weight excluding hydrogens is 290 g/mol. The molecule has 2 rings (SSSR count). The van der Waals surface area contributed by atoms with Crippen LogP contribution in [0.4, 0.5) is 0 Å². The minimum absolute atomic E-state index is 0.167. The van der Waals surface area contributed by atoms with E-state index in [2.05, 4.69) is 14.9 Å². The van der Waals surface area contributed by atoms with Gasteiger partial charge in [0.1, 0.15) is 10.6 Å². The van der Waals surface area contributed by atoms with E-state index in [1.807, 2.05) is 31.2 Å². The molecule has 1 aromatic heterocycles. The number of sulfonamides is 1. The minimum Gasteiger partial charge on any atom is -0.494 e. The van der Waals surface area contributed by atoms with Crippen molar-refractivity contribution in [2.75, 3.05) is 6.61 Å². The summed E-state index contributed by atoms with van der Waals surface area (Å²) < 4.78 is 32.5. The zero-order valence-electron chi connectivity index (χ0n) is 12.3. The van der Waals surface area contributed by atoms with Crippen LogP contribution in [0.25, 0.3) is 0 Å². The number of benzene rings is 1. The Morgan fingerprint density at radius 1 is 1.33 bits per heavy atom. The zero-order valence-corrected chi connectivity index (χ0v) is 13.1. The number of aromatic amines is 1. The number of aryl methyl sites for hydroxylation is 1. The van der Waals surface area contributed by atoms with Crippen LogP contribution in [-0.4, -0.2) is 25.2 Å². The van der Waals surface area contributed by atoms with Crippen molar-refractivity contribution >= 4 is 10.0 Å². The molecule has 1 aromatic carbocycles. The Balaban J connectivity index is 2.14. The van der Waals surface area contributed by atoms with Gasteiger partial charge in [0, 0.05) is 6.04 Å². The van der Waals surface area contributed by atoms with Crippen LogP contribution in [-0.2, 0) is 10.0 Å². The average Bonchev–Trinajstić information content (AvgIpc) is 2.86. The lowest BCUT2D eigenvalue weighted by molar-refractivity contribution is 0.340. The van der Waals surface area contributed by atoms with Gasteiger partial charge in [0.05, 0.1) is 18.5 Å². The molecule has 21 heavy (non-hydrogen) atoms. The third-order valence-corrected chi connectivity index (χ3v) is 4.75. The van der Waals surface area contributed by atoms with Crippen LogP contribution in [0.1, 0.15) is 31.1 Å². The summed E-state index contributed by atoms with van der Waals surface area (Å²) in [5.74, 6) is 0.766. The fraction of sp³-hybridized carbons (Fsp3) is 0.357. The van der Waals surface area contributed by atoms with Crippen LogP contribution in [0.3, 0.4) is 0 Å². The molecular formula is C14H19N3O3S. The van der Waals surface area contributed by atoms with Gasteiger partial charge in [-0.2, -0.15) is 5.10 Å². The molecule has 1 unspecified atom stereocenters. The first-order chi connectivity index (χ1) is 9.94. The van der Waals surface area contributed by atoms with E-state index >= 15 is 0 Å². The predicted molar refractivity (Wildman–Crippen MR) is 79.7 cm³/mol. The molecule has 0 saturated carbocycles. The van der Waals surface area contributed by atoms with E-state index < -0.39 is 10.0 Å². The highest BCUT2D eigenvalue weighted by atomic mass is 32.2.